The van der Waals surface area contributed by atoms with Crippen molar-refractivity contribution in [3.05, 3.63) is 53.9 Å². The number of benzene rings is 1. The minimum atomic E-state index is -4.46. The van der Waals surface area contributed by atoms with Gasteiger partial charge in [-0.3, -0.25) is 14.7 Å². The summed E-state index contributed by atoms with van der Waals surface area (Å²) >= 11 is 0. The lowest BCUT2D eigenvalue weighted by molar-refractivity contribution is -0.173. The highest BCUT2D eigenvalue weighted by molar-refractivity contribution is 5.84. The lowest BCUT2D eigenvalue weighted by Crippen LogP contribution is -2.54. The van der Waals surface area contributed by atoms with Gasteiger partial charge in [0.05, 0.1) is 16.6 Å². The number of aryl methyl sites for hydroxylation is 1. The standard InChI is InChI=1S/C25H28F3N5O2/c1-22(2,20-5-3-4-13-29-20)33-14-12-23(16-33,21(34)30-24(10-11-24)25(26,27)28)9-8-17-6-7-18-19(15-17)32-35-31-18/h3-7,13,15H,8-12,14,16H2,1-2H3,(H,30,34)/t23-/m1/s1. The number of hydrogen-bond acceptors (Lipinski definition) is 6. The van der Waals surface area contributed by atoms with Gasteiger partial charge in [0.2, 0.25) is 5.91 Å². The van der Waals surface area contributed by atoms with Crippen molar-refractivity contribution >= 4 is 16.9 Å². The Bertz CT molecular complexity index is 1220. The van der Waals surface area contributed by atoms with Gasteiger partial charge in [-0.25, -0.2) is 4.63 Å². The molecule has 1 N–H and O–H groups in total. The van der Waals surface area contributed by atoms with E-state index in [1.165, 1.54) is 0 Å². The van der Waals surface area contributed by atoms with E-state index in [1.54, 1.807) is 12.3 Å². The van der Waals surface area contributed by atoms with Crippen molar-refractivity contribution in [2.24, 2.45) is 5.41 Å². The molecule has 2 aliphatic rings. The number of pyridine rings is 1. The number of likely N-dealkylation sites (tertiary alicyclic amines) is 1. The quantitative estimate of drug-likeness (QED) is 0.532. The molecule has 1 saturated heterocycles. The average Bonchev–Trinajstić information content (AvgIpc) is 3.28. The number of fused-ring (bicyclic) bond motifs is 1. The highest BCUT2D eigenvalue weighted by atomic mass is 19.4. The van der Waals surface area contributed by atoms with Crippen LogP contribution >= 0.6 is 0 Å². The number of alkyl halides is 3. The Kier molecular flexibility index (Phi) is 5.62. The van der Waals surface area contributed by atoms with Crippen molar-refractivity contribution in [1.29, 1.82) is 0 Å². The zero-order chi connectivity index (χ0) is 24.9. The number of rotatable bonds is 7. The van der Waals surface area contributed by atoms with Crippen LogP contribution in [0.2, 0.25) is 0 Å². The Morgan fingerprint density at radius 2 is 1.89 bits per heavy atom. The van der Waals surface area contributed by atoms with Crippen molar-refractivity contribution in [3.8, 4) is 0 Å². The molecule has 186 valence electrons. The van der Waals surface area contributed by atoms with Crippen molar-refractivity contribution in [3.63, 3.8) is 0 Å². The van der Waals surface area contributed by atoms with Gasteiger partial charge in [0.25, 0.3) is 0 Å². The summed E-state index contributed by atoms with van der Waals surface area (Å²) in [5.41, 5.74) is -0.494. The summed E-state index contributed by atoms with van der Waals surface area (Å²) in [7, 11) is 0. The summed E-state index contributed by atoms with van der Waals surface area (Å²) in [5.74, 6) is -0.518. The molecule has 1 atom stereocenters. The van der Waals surface area contributed by atoms with E-state index < -0.39 is 28.6 Å². The molecule has 5 rings (SSSR count). The molecule has 1 aromatic carbocycles. The van der Waals surface area contributed by atoms with Crippen molar-refractivity contribution in [1.82, 2.24) is 25.5 Å². The molecule has 10 heteroatoms. The first-order chi connectivity index (χ1) is 16.5. The summed E-state index contributed by atoms with van der Waals surface area (Å²) in [5, 5.41) is 10.1. The molecule has 1 saturated carbocycles. The van der Waals surface area contributed by atoms with E-state index in [1.807, 2.05) is 44.2 Å². The van der Waals surface area contributed by atoms with Gasteiger partial charge in [0.1, 0.15) is 16.6 Å². The topological polar surface area (TPSA) is 84.2 Å². The zero-order valence-corrected chi connectivity index (χ0v) is 19.7. The van der Waals surface area contributed by atoms with Crippen LogP contribution in [0.5, 0.6) is 0 Å². The van der Waals surface area contributed by atoms with E-state index in [4.69, 9.17) is 4.63 Å². The van der Waals surface area contributed by atoms with Crippen LogP contribution in [0, 0.1) is 5.41 Å². The number of nitrogens with one attached hydrogen (secondary N) is 1. The SMILES string of the molecule is CC(C)(c1ccccn1)N1CC[C@@](CCc2ccc3nonc3c2)(C(=O)NC2(C(F)(F)F)CC2)C1. The van der Waals surface area contributed by atoms with Gasteiger partial charge >= 0.3 is 6.18 Å². The molecule has 1 aliphatic heterocycles. The van der Waals surface area contributed by atoms with E-state index in [2.05, 4.69) is 25.5 Å². The maximum absolute atomic E-state index is 13.7. The van der Waals surface area contributed by atoms with E-state index in [0.717, 1.165) is 11.3 Å². The van der Waals surface area contributed by atoms with Gasteiger partial charge in [-0.15, -0.1) is 0 Å². The molecule has 1 aliphatic carbocycles. The fourth-order valence-corrected chi connectivity index (χ4v) is 5.06. The van der Waals surface area contributed by atoms with Gasteiger partial charge < -0.3 is 5.32 Å². The first-order valence-corrected chi connectivity index (χ1v) is 11.8. The summed E-state index contributed by atoms with van der Waals surface area (Å²) < 4.78 is 45.8. The Labute approximate surface area is 201 Å². The number of carbonyl (C=O) groups is 1. The minimum Gasteiger partial charge on any atom is -0.341 e. The Balaban J connectivity index is 1.40. The molecule has 0 radical (unpaired) electrons. The van der Waals surface area contributed by atoms with Gasteiger partial charge in [0.15, 0.2) is 0 Å². The molecule has 3 heterocycles. The Morgan fingerprint density at radius 3 is 2.57 bits per heavy atom. The van der Waals surface area contributed by atoms with Crippen LogP contribution in [-0.2, 0) is 16.8 Å². The van der Waals surface area contributed by atoms with Crippen LogP contribution in [0.1, 0.15) is 50.8 Å². The lowest BCUT2D eigenvalue weighted by Gasteiger charge is -2.37. The highest BCUT2D eigenvalue weighted by Gasteiger charge is 2.65. The van der Waals surface area contributed by atoms with E-state index in [-0.39, 0.29) is 12.8 Å². The van der Waals surface area contributed by atoms with Crippen LogP contribution in [0.3, 0.4) is 0 Å². The molecule has 0 bridgehead atoms. The third-order valence-electron chi connectivity index (χ3n) is 7.77. The summed E-state index contributed by atoms with van der Waals surface area (Å²) in [6, 6.07) is 11.2. The molecule has 1 amide bonds. The summed E-state index contributed by atoms with van der Waals surface area (Å²) in [4.78, 5) is 20.2. The van der Waals surface area contributed by atoms with Crippen LogP contribution < -0.4 is 5.32 Å². The first-order valence-electron chi connectivity index (χ1n) is 11.8. The van der Waals surface area contributed by atoms with Crippen molar-refractivity contribution in [2.45, 2.75) is 63.2 Å². The Hall–Kier alpha value is -3.01. The van der Waals surface area contributed by atoms with Crippen molar-refractivity contribution in [2.75, 3.05) is 13.1 Å². The smallest absolute Gasteiger partial charge is 0.341 e. The van der Waals surface area contributed by atoms with Crippen molar-refractivity contribution < 1.29 is 22.6 Å². The number of aromatic nitrogens is 3. The second-order valence-corrected chi connectivity index (χ2v) is 10.3. The fraction of sp³-hybridized carbons (Fsp3) is 0.520. The molecule has 0 unspecified atom stereocenters. The van der Waals surface area contributed by atoms with Gasteiger partial charge in [-0.1, -0.05) is 12.1 Å². The number of halogens is 3. The Morgan fingerprint density at radius 1 is 1.11 bits per heavy atom. The number of nitrogens with zero attached hydrogens (tertiary/aromatic N) is 4. The third-order valence-corrected chi connectivity index (χ3v) is 7.77. The monoisotopic (exact) mass is 487 g/mol. The molecular formula is C25H28F3N5O2. The maximum atomic E-state index is 13.7. The molecule has 2 aromatic heterocycles. The van der Waals surface area contributed by atoms with Crippen LogP contribution in [0.15, 0.2) is 47.2 Å². The minimum absolute atomic E-state index is 0.0721. The third kappa shape index (κ3) is 4.28. The summed E-state index contributed by atoms with van der Waals surface area (Å²) in [6.45, 7) is 5.01. The van der Waals surface area contributed by atoms with E-state index >= 15 is 0 Å². The lowest BCUT2D eigenvalue weighted by atomic mass is 9.79. The largest absolute Gasteiger partial charge is 0.411 e. The average molecular weight is 488 g/mol. The first kappa shape index (κ1) is 23.7. The number of hydrogen-bond donors (Lipinski definition) is 1. The van der Waals surface area contributed by atoms with Gasteiger partial charge in [-0.05, 0) is 86.1 Å². The van der Waals surface area contributed by atoms with Gasteiger partial charge in [-0.2, -0.15) is 13.2 Å². The predicted molar refractivity (Wildman–Crippen MR) is 122 cm³/mol. The predicted octanol–water partition coefficient (Wildman–Crippen LogP) is 4.39. The zero-order valence-electron chi connectivity index (χ0n) is 19.7. The fourth-order valence-electron chi connectivity index (χ4n) is 5.06. The van der Waals surface area contributed by atoms with E-state index in [0.29, 0.717) is 43.4 Å². The molecular weight excluding hydrogens is 459 g/mol. The molecule has 35 heavy (non-hydrogen) atoms. The number of carbonyl (C=O) groups excluding carboxylic acids is 1. The summed E-state index contributed by atoms with van der Waals surface area (Å²) in [6.07, 6.45) is -1.47. The van der Waals surface area contributed by atoms with Gasteiger partial charge in [0, 0.05) is 19.3 Å². The molecule has 3 aromatic rings. The van der Waals surface area contributed by atoms with E-state index in [9.17, 15) is 18.0 Å². The normalized spacial score (nSPS) is 22.4. The molecule has 0 spiro atoms. The molecule has 7 nitrogen and oxygen atoms in total. The second-order valence-electron chi connectivity index (χ2n) is 10.3. The highest BCUT2D eigenvalue weighted by Crippen LogP contribution is 2.50. The van der Waals surface area contributed by atoms with Crippen LogP contribution in [0.25, 0.3) is 11.0 Å². The number of amides is 1. The van der Waals surface area contributed by atoms with Crippen LogP contribution in [-0.4, -0.2) is 50.9 Å². The second kappa shape index (κ2) is 8.29. The maximum Gasteiger partial charge on any atom is 0.411 e. The molecule has 2 fully saturated rings. The van der Waals surface area contributed by atoms with Crippen LogP contribution in [0.4, 0.5) is 13.2 Å².